The molecule has 116 valence electrons. The molecule has 1 saturated heterocycles. The van der Waals surface area contributed by atoms with Gasteiger partial charge in [-0.15, -0.1) is 0 Å². The Kier molecular flexibility index (Phi) is 4.63. The summed E-state index contributed by atoms with van der Waals surface area (Å²) in [7, 11) is 0. The lowest BCUT2D eigenvalue weighted by molar-refractivity contribution is -0.116. The maximum Gasteiger partial charge on any atom is 0.281 e. The number of aromatic nitrogens is 1. The standard InChI is InChI=1S/C15H17N3O2S2/c1-2-10-3-4-11-12(9-10)22-14(16-11)17-13(19)5-6-18-7-8-21-15(18)20/h3-4,9H,2,5-8H2,1H3,(H,16,17,19). The fraction of sp³-hybridized carbons (Fsp3) is 0.400. The van der Waals surface area contributed by atoms with Gasteiger partial charge in [0, 0.05) is 25.3 Å². The van der Waals surface area contributed by atoms with Crippen LogP contribution in [0.4, 0.5) is 9.93 Å². The third-order valence-corrected chi connectivity index (χ3v) is 5.39. The lowest BCUT2D eigenvalue weighted by Gasteiger charge is -2.13. The van der Waals surface area contributed by atoms with Crippen LogP contribution in [-0.2, 0) is 11.2 Å². The van der Waals surface area contributed by atoms with Gasteiger partial charge in [0.25, 0.3) is 5.24 Å². The van der Waals surface area contributed by atoms with Crippen molar-refractivity contribution in [3.63, 3.8) is 0 Å². The van der Waals surface area contributed by atoms with Crippen molar-refractivity contribution in [1.29, 1.82) is 0 Å². The van der Waals surface area contributed by atoms with E-state index in [2.05, 4.69) is 29.4 Å². The van der Waals surface area contributed by atoms with Crippen LogP contribution >= 0.6 is 23.1 Å². The lowest BCUT2D eigenvalue weighted by atomic mass is 10.2. The molecular formula is C15H17N3O2S2. The number of hydrogen-bond acceptors (Lipinski definition) is 5. The lowest BCUT2D eigenvalue weighted by Crippen LogP contribution is -2.27. The Morgan fingerprint density at radius 1 is 1.45 bits per heavy atom. The first-order valence-corrected chi connectivity index (χ1v) is 9.07. The van der Waals surface area contributed by atoms with E-state index in [0.29, 0.717) is 18.1 Å². The molecular weight excluding hydrogens is 318 g/mol. The van der Waals surface area contributed by atoms with Crippen molar-refractivity contribution < 1.29 is 9.59 Å². The van der Waals surface area contributed by atoms with Crippen molar-refractivity contribution in [3.05, 3.63) is 23.8 Å². The molecule has 1 aromatic carbocycles. The van der Waals surface area contributed by atoms with Crippen LogP contribution in [0.15, 0.2) is 18.2 Å². The molecule has 0 unspecified atom stereocenters. The number of amides is 2. The molecule has 1 aromatic heterocycles. The Balaban J connectivity index is 1.60. The monoisotopic (exact) mass is 335 g/mol. The molecule has 22 heavy (non-hydrogen) atoms. The van der Waals surface area contributed by atoms with Crippen molar-refractivity contribution >= 4 is 49.6 Å². The largest absolute Gasteiger partial charge is 0.332 e. The summed E-state index contributed by atoms with van der Waals surface area (Å²) in [6, 6.07) is 6.16. The second-order valence-corrected chi connectivity index (χ2v) is 7.15. The fourth-order valence-electron chi connectivity index (χ4n) is 2.29. The summed E-state index contributed by atoms with van der Waals surface area (Å²) in [6.07, 6.45) is 1.29. The number of rotatable bonds is 5. The van der Waals surface area contributed by atoms with Gasteiger partial charge >= 0.3 is 0 Å². The van der Waals surface area contributed by atoms with Crippen molar-refractivity contribution in [2.24, 2.45) is 0 Å². The topological polar surface area (TPSA) is 62.3 Å². The van der Waals surface area contributed by atoms with Gasteiger partial charge in [-0.3, -0.25) is 9.59 Å². The number of aryl methyl sites for hydroxylation is 1. The molecule has 2 amide bonds. The summed E-state index contributed by atoms with van der Waals surface area (Å²) < 4.78 is 1.08. The normalized spacial score (nSPS) is 14.8. The minimum absolute atomic E-state index is 0.0693. The molecule has 2 aromatic rings. The maximum absolute atomic E-state index is 12.0. The average Bonchev–Trinajstić information content (AvgIpc) is 3.09. The summed E-state index contributed by atoms with van der Waals surface area (Å²) in [5.41, 5.74) is 2.17. The number of carbonyl (C=O) groups is 2. The average molecular weight is 335 g/mol. The van der Waals surface area contributed by atoms with E-state index in [1.165, 1.54) is 28.7 Å². The van der Waals surface area contributed by atoms with Crippen molar-refractivity contribution in [2.75, 3.05) is 24.2 Å². The molecule has 1 aliphatic heterocycles. The van der Waals surface area contributed by atoms with Gasteiger partial charge in [0.15, 0.2) is 5.13 Å². The zero-order valence-electron chi connectivity index (χ0n) is 12.3. The molecule has 5 nitrogen and oxygen atoms in total. The van der Waals surface area contributed by atoms with Crippen molar-refractivity contribution in [3.8, 4) is 0 Å². The minimum atomic E-state index is -0.0977. The molecule has 0 bridgehead atoms. The molecule has 0 spiro atoms. The Labute approximate surface area is 137 Å². The van der Waals surface area contributed by atoms with Crippen LogP contribution in [-0.4, -0.2) is 39.9 Å². The quantitative estimate of drug-likeness (QED) is 0.910. The fourth-order valence-corrected chi connectivity index (χ4v) is 4.09. The van der Waals surface area contributed by atoms with Crippen LogP contribution in [0.5, 0.6) is 0 Å². The van der Waals surface area contributed by atoms with Gasteiger partial charge in [-0.25, -0.2) is 4.98 Å². The van der Waals surface area contributed by atoms with E-state index in [0.717, 1.165) is 28.9 Å². The Hall–Kier alpha value is -1.60. The molecule has 1 aliphatic rings. The van der Waals surface area contributed by atoms with Crippen LogP contribution < -0.4 is 5.32 Å². The number of anilines is 1. The number of nitrogens with one attached hydrogen (secondary N) is 1. The first kappa shape index (κ1) is 15.3. The molecule has 2 heterocycles. The van der Waals surface area contributed by atoms with Crippen LogP contribution in [0.3, 0.4) is 0 Å². The second kappa shape index (κ2) is 6.66. The third-order valence-electron chi connectivity index (χ3n) is 3.56. The van der Waals surface area contributed by atoms with E-state index in [1.54, 1.807) is 4.90 Å². The smallest absolute Gasteiger partial charge is 0.281 e. The van der Waals surface area contributed by atoms with Crippen molar-refractivity contribution in [1.82, 2.24) is 9.88 Å². The van der Waals surface area contributed by atoms with Gasteiger partial charge in [-0.1, -0.05) is 36.1 Å². The number of hydrogen-bond donors (Lipinski definition) is 1. The maximum atomic E-state index is 12.0. The number of fused-ring (bicyclic) bond motifs is 1. The highest BCUT2D eigenvalue weighted by Gasteiger charge is 2.21. The van der Waals surface area contributed by atoms with Crippen LogP contribution in [0.2, 0.25) is 0 Å². The van der Waals surface area contributed by atoms with Gasteiger partial charge < -0.3 is 10.2 Å². The van der Waals surface area contributed by atoms with Crippen molar-refractivity contribution in [2.45, 2.75) is 19.8 Å². The highest BCUT2D eigenvalue weighted by atomic mass is 32.2. The SMILES string of the molecule is CCc1ccc2nc(NC(=O)CCN3CCSC3=O)sc2c1. The number of thiazole rings is 1. The molecule has 0 aliphatic carbocycles. The zero-order valence-corrected chi connectivity index (χ0v) is 13.9. The molecule has 0 radical (unpaired) electrons. The van der Waals surface area contributed by atoms with E-state index in [4.69, 9.17) is 0 Å². The number of thioether (sulfide) groups is 1. The predicted molar refractivity (Wildman–Crippen MR) is 91.7 cm³/mol. The van der Waals surface area contributed by atoms with Gasteiger partial charge in [0.05, 0.1) is 10.2 Å². The molecule has 3 rings (SSSR count). The summed E-state index contributed by atoms with van der Waals surface area (Å²) in [5, 5.41) is 3.52. The van der Waals surface area contributed by atoms with Crippen LogP contribution in [0.25, 0.3) is 10.2 Å². The molecule has 7 heteroatoms. The predicted octanol–water partition coefficient (Wildman–Crippen LogP) is 3.36. The molecule has 1 fully saturated rings. The first-order chi connectivity index (χ1) is 10.7. The summed E-state index contributed by atoms with van der Waals surface area (Å²) >= 11 is 2.80. The van der Waals surface area contributed by atoms with Gasteiger partial charge in [-0.2, -0.15) is 0 Å². The summed E-state index contributed by atoms with van der Waals surface area (Å²) in [6.45, 7) is 3.32. The van der Waals surface area contributed by atoms with E-state index in [-0.39, 0.29) is 11.1 Å². The van der Waals surface area contributed by atoms with E-state index in [1.807, 2.05) is 6.07 Å². The number of benzene rings is 1. The van der Waals surface area contributed by atoms with Gasteiger partial charge in [-0.05, 0) is 24.1 Å². The van der Waals surface area contributed by atoms with Crippen LogP contribution in [0.1, 0.15) is 18.9 Å². The number of nitrogens with zero attached hydrogens (tertiary/aromatic N) is 2. The Morgan fingerprint density at radius 2 is 2.32 bits per heavy atom. The zero-order chi connectivity index (χ0) is 15.5. The summed E-state index contributed by atoms with van der Waals surface area (Å²) in [5.74, 6) is 0.720. The van der Waals surface area contributed by atoms with E-state index < -0.39 is 0 Å². The van der Waals surface area contributed by atoms with E-state index >= 15 is 0 Å². The van der Waals surface area contributed by atoms with E-state index in [9.17, 15) is 9.59 Å². The van der Waals surface area contributed by atoms with Crippen LogP contribution in [0, 0.1) is 0 Å². The van der Waals surface area contributed by atoms with Gasteiger partial charge in [0.1, 0.15) is 0 Å². The first-order valence-electron chi connectivity index (χ1n) is 7.26. The summed E-state index contributed by atoms with van der Waals surface area (Å²) in [4.78, 5) is 29.6. The molecule has 0 saturated carbocycles. The molecule has 1 N–H and O–H groups in total. The third kappa shape index (κ3) is 3.41. The molecule has 0 atom stereocenters. The highest BCUT2D eigenvalue weighted by molar-refractivity contribution is 8.13. The van der Waals surface area contributed by atoms with Gasteiger partial charge in [0.2, 0.25) is 5.91 Å². The highest BCUT2D eigenvalue weighted by Crippen LogP contribution is 2.27. The Bertz CT molecular complexity index is 714. The number of carbonyl (C=O) groups excluding carboxylic acids is 2. The second-order valence-electron chi connectivity index (χ2n) is 5.07. The Morgan fingerprint density at radius 3 is 3.05 bits per heavy atom. The minimum Gasteiger partial charge on any atom is -0.332 e.